The molecule has 0 atom stereocenters. The maximum Gasteiger partial charge on any atom is 0.346 e. The monoisotopic (exact) mass is 393 g/mol. The molecular formula is C16H16FN5O4S. The van der Waals surface area contributed by atoms with Gasteiger partial charge in [-0.25, -0.2) is 13.9 Å². The van der Waals surface area contributed by atoms with Crippen LogP contribution in [0.5, 0.6) is 0 Å². The van der Waals surface area contributed by atoms with Gasteiger partial charge in [0.1, 0.15) is 5.82 Å². The fourth-order valence-corrected chi connectivity index (χ4v) is 2.66. The van der Waals surface area contributed by atoms with Gasteiger partial charge in [-0.05, 0) is 12.1 Å². The van der Waals surface area contributed by atoms with E-state index in [0.717, 1.165) is 27.1 Å². The van der Waals surface area contributed by atoms with E-state index in [4.69, 9.17) is 0 Å². The topological polar surface area (TPSA) is 115 Å². The lowest BCUT2D eigenvalue weighted by molar-refractivity contribution is -0.125. The number of rotatable bonds is 5. The fraction of sp³-hybridized carbons (Fsp3) is 0.188. The zero-order valence-corrected chi connectivity index (χ0v) is 15.2. The van der Waals surface area contributed by atoms with Gasteiger partial charge in [0.25, 0.3) is 11.5 Å². The van der Waals surface area contributed by atoms with E-state index in [0.29, 0.717) is 0 Å². The number of aromatic nitrogens is 3. The lowest BCUT2D eigenvalue weighted by Crippen LogP contribution is -2.42. The molecule has 142 valence electrons. The number of amides is 2. The highest BCUT2D eigenvalue weighted by atomic mass is 32.2. The lowest BCUT2D eigenvalue weighted by Gasteiger charge is -2.06. The van der Waals surface area contributed by atoms with Crippen molar-refractivity contribution in [3.8, 4) is 0 Å². The Morgan fingerprint density at radius 3 is 2.63 bits per heavy atom. The van der Waals surface area contributed by atoms with E-state index in [9.17, 15) is 23.6 Å². The van der Waals surface area contributed by atoms with Crippen molar-refractivity contribution >= 4 is 29.7 Å². The van der Waals surface area contributed by atoms with Gasteiger partial charge in [-0.15, -0.1) is 0 Å². The number of aryl methyl sites for hydroxylation is 1. The summed E-state index contributed by atoms with van der Waals surface area (Å²) in [5.74, 6) is -1.94. The van der Waals surface area contributed by atoms with Crippen LogP contribution in [0.2, 0.25) is 0 Å². The SMILES string of the molecule is Cn1nc(SCC(=O)NNC(=O)/C=C/c2ccccc2F)c(=O)n(C)c1=O. The zero-order chi connectivity index (χ0) is 20.0. The summed E-state index contributed by atoms with van der Waals surface area (Å²) >= 11 is 0.821. The number of carbonyl (C=O) groups is 2. The number of nitrogens with one attached hydrogen (secondary N) is 2. The molecule has 0 aliphatic heterocycles. The van der Waals surface area contributed by atoms with E-state index in [1.165, 1.54) is 38.4 Å². The molecule has 27 heavy (non-hydrogen) atoms. The van der Waals surface area contributed by atoms with Gasteiger partial charge >= 0.3 is 5.69 Å². The van der Waals surface area contributed by atoms with Gasteiger partial charge in [-0.3, -0.25) is 29.8 Å². The molecule has 11 heteroatoms. The van der Waals surface area contributed by atoms with E-state index >= 15 is 0 Å². The van der Waals surface area contributed by atoms with Gasteiger partial charge in [0.05, 0.1) is 5.75 Å². The Hall–Kier alpha value is -3.21. The van der Waals surface area contributed by atoms with E-state index < -0.39 is 28.9 Å². The highest BCUT2D eigenvalue weighted by molar-refractivity contribution is 7.99. The van der Waals surface area contributed by atoms with Crippen molar-refractivity contribution in [2.24, 2.45) is 14.1 Å². The summed E-state index contributed by atoms with van der Waals surface area (Å²) in [6.07, 6.45) is 2.33. The first-order valence-corrected chi connectivity index (χ1v) is 8.56. The quantitative estimate of drug-likeness (QED) is 0.405. The second-order valence-electron chi connectivity index (χ2n) is 5.26. The molecule has 0 saturated carbocycles. The molecular weight excluding hydrogens is 377 g/mol. The minimum atomic E-state index is -0.659. The summed E-state index contributed by atoms with van der Waals surface area (Å²) < 4.78 is 15.3. The van der Waals surface area contributed by atoms with E-state index in [2.05, 4.69) is 16.0 Å². The molecule has 0 saturated heterocycles. The van der Waals surface area contributed by atoms with Crippen LogP contribution in [0.4, 0.5) is 4.39 Å². The molecule has 2 aromatic rings. The molecule has 0 unspecified atom stereocenters. The summed E-state index contributed by atoms with van der Waals surface area (Å²) in [5, 5.41) is 3.76. The van der Waals surface area contributed by atoms with Crippen LogP contribution < -0.4 is 22.1 Å². The number of hydrazine groups is 1. The summed E-state index contributed by atoms with van der Waals surface area (Å²) in [7, 11) is 2.69. The molecule has 0 spiro atoms. The van der Waals surface area contributed by atoms with Crippen LogP contribution in [0.25, 0.3) is 6.08 Å². The molecule has 1 aromatic heterocycles. The van der Waals surface area contributed by atoms with Crippen LogP contribution in [0.15, 0.2) is 45.0 Å². The van der Waals surface area contributed by atoms with Gasteiger partial charge in [-0.1, -0.05) is 30.0 Å². The van der Waals surface area contributed by atoms with Gasteiger partial charge < -0.3 is 0 Å². The normalized spacial score (nSPS) is 10.8. The Labute approximate surface area is 156 Å². The minimum Gasteiger partial charge on any atom is -0.272 e. The number of nitrogens with zero attached hydrogens (tertiary/aromatic N) is 3. The van der Waals surface area contributed by atoms with Gasteiger partial charge in [0.15, 0.2) is 5.03 Å². The Morgan fingerprint density at radius 1 is 1.22 bits per heavy atom. The van der Waals surface area contributed by atoms with E-state index in [1.54, 1.807) is 6.07 Å². The number of carbonyl (C=O) groups excluding carboxylic acids is 2. The van der Waals surface area contributed by atoms with Crippen LogP contribution in [0.3, 0.4) is 0 Å². The molecule has 0 aliphatic rings. The van der Waals surface area contributed by atoms with Crippen LogP contribution in [0.1, 0.15) is 5.56 Å². The van der Waals surface area contributed by atoms with Gasteiger partial charge in [-0.2, -0.15) is 5.10 Å². The van der Waals surface area contributed by atoms with Crippen molar-refractivity contribution in [1.29, 1.82) is 0 Å². The molecule has 2 N–H and O–H groups in total. The Morgan fingerprint density at radius 2 is 1.93 bits per heavy atom. The number of hydrogen-bond donors (Lipinski definition) is 2. The molecule has 1 aromatic carbocycles. The predicted molar refractivity (Wildman–Crippen MR) is 97.2 cm³/mol. The molecule has 0 bridgehead atoms. The highest BCUT2D eigenvalue weighted by Gasteiger charge is 2.12. The lowest BCUT2D eigenvalue weighted by atomic mass is 10.2. The first-order valence-electron chi connectivity index (χ1n) is 7.58. The third-order valence-electron chi connectivity index (χ3n) is 3.28. The molecule has 0 fully saturated rings. The van der Waals surface area contributed by atoms with Crippen molar-refractivity contribution < 1.29 is 14.0 Å². The first kappa shape index (κ1) is 20.1. The largest absolute Gasteiger partial charge is 0.346 e. The second kappa shape index (κ2) is 8.94. The van der Waals surface area contributed by atoms with Crippen LogP contribution >= 0.6 is 11.8 Å². The molecule has 2 amide bonds. The highest BCUT2D eigenvalue weighted by Crippen LogP contribution is 2.08. The van der Waals surface area contributed by atoms with Crippen LogP contribution in [-0.4, -0.2) is 31.9 Å². The maximum atomic E-state index is 13.4. The van der Waals surface area contributed by atoms with Crippen molar-refractivity contribution in [1.82, 2.24) is 25.2 Å². The summed E-state index contributed by atoms with van der Waals surface area (Å²) in [6, 6.07) is 5.90. The second-order valence-corrected chi connectivity index (χ2v) is 6.22. The third-order valence-corrected chi connectivity index (χ3v) is 4.21. The summed E-state index contributed by atoms with van der Waals surface area (Å²) in [6.45, 7) is 0. The third kappa shape index (κ3) is 5.38. The number of hydrogen-bond acceptors (Lipinski definition) is 6. The van der Waals surface area contributed by atoms with Crippen molar-refractivity contribution in [3.63, 3.8) is 0 Å². The van der Waals surface area contributed by atoms with Crippen molar-refractivity contribution in [2.75, 3.05) is 5.75 Å². The molecule has 0 radical (unpaired) electrons. The molecule has 1 heterocycles. The smallest absolute Gasteiger partial charge is 0.272 e. The Kier molecular flexibility index (Phi) is 6.66. The molecule has 9 nitrogen and oxygen atoms in total. The average Bonchev–Trinajstić information content (AvgIpc) is 2.65. The van der Waals surface area contributed by atoms with Crippen LogP contribution in [-0.2, 0) is 23.7 Å². The zero-order valence-electron chi connectivity index (χ0n) is 14.4. The number of thioether (sulfide) groups is 1. The molecule has 0 aliphatic carbocycles. The summed E-state index contributed by atoms with van der Waals surface area (Å²) in [4.78, 5) is 46.8. The summed E-state index contributed by atoms with van der Waals surface area (Å²) in [5.41, 5.74) is 3.32. The van der Waals surface area contributed by atoms with E-state index in [-0.39, 0.29) is 16.3 Å². The predicted octanol–water partition coefficient (Wildman–Crippen LogP) is -0.429. The van der Waals surface area contributed by atoms with Gasteiger partial charge in [0.2, 0.25) is 5.91 Å². The Balaban J connectivity index is 1.86. The first-order chi connectivity index (χ1) is 12.8. The number of benzene rings is 1. The molecule has 2 rings (SSSR count). The number of halogens is 1. The standard InChI is InChI=1S/C16H16FN5O4S/c1-21-15(25)14(20-22(2)16(21)26)27-9-13(24)19-18-12(23)8-7-10-5-3-4-6-11(10)17/h3-8H,9H2,1-2H3,(H,18,23)(H,19,24)/b8-7+. The van der Waals surface area contributed by atoms with E-state index in [1.807, 2.05) is 0 Å². The van der Waals surface area contributed by atoms with Crippen molar-refractivity contribution in [3.05, 3.63) is 62.6 Å². The van der Waals surface area contributed by atoms with Crippen molar-refractivity contribution in [2.45, 2.75) is 5.03 Å². The van der Waals surface area contributed by atoms with Crippen LogP contribution in [0, 0.1) is 5.82 Å². The van der Waals surface area contributed by atoms with Gasteiger partial charge in [0, 0.05) is 25.7 Å². The fourth-order valence-electron chi connectivity index (χ4n) is 1.88. The minimum absolute atomic E-state index is 0.0273. The average molecular weight is 393 g/mol. The Bertz CT molecular complexity index is 1010. The maximum absolute atomic E-state index is 13.4.